The van der Waals surface area contributed by atoms with E-state index in [-0.39, 0.29) is 12.3 Å². The van der Waals surface area contributed by atoms with Gasteiger partial charge in [0.25, 0.3) is 0 Å². The first-order chi connectivity index (χ1) is 16.9. The molecule has 2 unspecified atom stereocenters. The summed E-state index contributed by atoms with van der Waals surface area (Å²) < 4.78 is 3.77. The van der Waals surface area contributed by atoms with E-state index in [0.29, 0.717) is 17.6 Å². The van der Waals surface area contributed by atoms with Gasteiger partial charge in [0, 0.05) is 43.5 Å². The second-order valence-corrected chi connectivity index (χ2v) is 9.79. The van der Waals surface area contributed by atoms with Gasteiger partial charge in [0.15, 0.2) is 0 Å². The van der Waals surface area contributed by atoms with Crippen molar-refractivity contribution in [2.24, 2.45) is 7.05 Å². The van der Waals surface area contributed by atoms with Crippen LogP contribution in [0, 0.1) is 6.92 Å². The molecule has 1 fully saturated rings. The van der Waals surface area contributed by atoms with Crippen LogP contribution in [-0.4, -0.2) is 53.8 Å². The summed E-state index contributed by atoms with van der Waals surface area (Å²) in [4.78, 5) is 14.3. The predicted molar refractivity (Wildman–Crippen MR) is 135 cm³/mol. The van der Waals surface area contributed by atoms with E-state index in [0.717, 1.165) is 59.2 Å². The summed E-state index contributed by atoms with van der Waals surface area (Å²) >= 11 is 6.64. The smallest absolute Gasteiger partial charge is 0.304 e. The lowest BCUT2D eigenvalue weighted by molar-refractivity contribution is -0.137. The lowest BCUT2D eigenvalue weighted by atomic mass is 9.85. The number of piperidine rings is 1. The SMILES string of the molecule is Cc1c(C(CC(=O)O)c2ccc(Cl)c(CN3CCCC(n4cccn4)C3)c2)ccc2c1nnn2C. The van der Waals surface area contributed by atoms with Gasteiger partial charge in [0.1, 0.15) is 5.52 Å². The zero-order valence-corrected chi connectivity index (χ0v) is 20.7. The van der Waals surface area contributed by atoms with Crippen LogP contribution >= 0.6 is 11.6 Å². The molecule has 1 aliphatic heterocycles. The van der Waals surface area contributed by atoms with Crippen molar-refractivity contribution >= 4 is 28.6 Å². The number of aryl methyl sites for hydroxylation is 2. The van der Waals surface area contributed by atoms with Crippen molar-refractivity contribution in [3.8, 4) is 0 Å². The van der Waals surface area contributed by atoms with Gasteiger partial charge in [-0.3, -0.25) is 14.4 Å². The van der Waals surface area contributed by atoms with Crippen LogP contribution in [0.5, 0.6) is 0 Å². The van der Waals surface area contributed by atoms with Crippen molar-refractivity contribution < 1.29 is 9.90 Å². The average molecular weight is 493 g/mol. The lowest BCUT2D eigenvalue weighted by Gasteiger charge is -2.33. The number of likely N-dealkylation sites (tertiary alicyclic amines) is 1. The van der Waals surface area contributed by atoms with Gasteiger partial charge in [0.2, 0.25) is 0 Å². The average Bonchev–Trinajstić information content (AvgIpc) is 3.51. The molecule has 3 heterocycles. The molecule has 4 aromatic rings. The van der Waals surface area contributed by atoms with Gasteiger partial charge in [-0.15, -0.1) is 5.10 Å². The van der Waals surface area contributed by atoms with E-state index in [1.165, 1.54) is 0 Å². The van der Waals surface area contributed by atoms with Gasteiger partial charge < -0.3 is 5.11 Å². The van der Waals surface area contributed by atoms with Crippen molar-refractivity contribution in [3.63, 3.8) is 0 Å². The summed E-state index contributed by atoms with van der Waals surface area (Å²) in [5.41, 5.74) is 5.58. The summed E-state index contributed by atoms with van der Waals surface area (Å²) in [6.07, 6.45) is 6.03. The highest BCUT2D eigenvalue weighted by molar-refractivity contribution is 6.31. The molecule has 8 nitrogen and oxygen atoms in total. The first kappa shape index (κ1) is 23.5. The van der Waals surface area contributed by atoms with Gasteiger partial charge in [-0.2, -0.15) is 5.10 Å². The van der Waals surface area contributed by atoms with E-state index < -0.39 is 5.97 Å². The zero-order valence-electron chi connectivity index (χ0n) is 19.9. The first-order valence-corrected chi connectivity index (χ1v) is 12.3. The van der Waals surface area contributed by atoms with E-state index in [2.05, 4.69) is 26.4 Å². The Hall–Kier alpha value is -3.23. The maximum atomic E-state index is 11.9. The van der Waals surface area contributed by atoms with Crippen LogP contribution in [-0.2, 0) is 18.4 Å². The number of aromatic nitrogens is 5. The van der Waals surface area contributed by atoms with Gasteiger partial charge in [-0.25, -0.2) is 4.68 Å². The number of hydrogen-bond donors (Lipinski definition) is 1. The molecule has 2 aromatic heterocycles. The molecule has 2 aromatic carbocycles. The van der Waals surface area contributed by atoms with Gasteiger partial charge in [-0.1, -0.05) is 35.0 Å². The standard InChI is InChI=1S/C26H29ClN6O2/c1-17-21(7-9-24-26(17)29-30-31(24)2)22(14-25(34)35)18-6-8-23(27)19(13-18)15-32-11-3-5-20(16-32)33-12-4-10-28-33/h4,6-10,12-13,20,22H,3,5,11,14-16H2,1-2H3,(H,34,35). The van der Waals surface area contributed by atoms with E-state index >= 15 is 0 Å². The fourth-order valence-corrected chi connectivity index (χ4v) is 5.45. The molecular weight excluding hydrogens is 464 g/mol. The normalized spacial score (nSPS) is 17.6. The fourth-order valence-electron chi connectivity index (χ4n) is 5.27. The van der Waals surface area contributed by atoms with Crippen molar-refractivity contribution in [1.29, 1.82) is 0 Å². The van der Waals surface area contributed by atoms with Gasteiger partial charge >= 0.3 is 5.97 Å². The molecular formula is C26H29ClN6O2. The highest BCUT2D eigenvalue weighted by atomic mass is 35.5. The third-order valence-corrected chi connectivity index (χ3v) is 7.45. The molecule has 0 amide bonds. The third kappa shape index (κ3) is 4.81. The number of carbonyl (C=O) groups is 1. The maximum Gasteiger partial charge on any atom is 0.304 e. The number of benzene rings is 2. The maximum absolute atomic E-state index is 11.9. The predicted octanol–water partition coefficient (Wildman–Crippen LogP) is 4.57. The number of halogens is 1. The molecule has 1 saturated heterocycles. The molecule has 0 bridgehead atoms. The largest absolute Gasteiger partial charge is 0.481 e. The zero-order chi connectivity index (χ0) is 24.5. The number of fused-ring (bicyclic) bond motifs is 1. The lowest BCUT2D eigenvalue weighted by Crippen LogP contribution is -2.36. The number of aliphatic carboxylic acids is 1. The molecule has 0 spiro atoms. The quantitative estimate of drug-likeness (QED) is 0.406. The van der Waals surface area contributed by atoms with Crippen molar-refractivity contribution in [1.82, 2.24) is 29.7 Å². The third-order valence-electron chi connectivity index (χ3n) is 7.08. The van der Waals surface area contributed by atoms with E-state index in [4.69, 9.17) is 11.6 Å². The Kier molecular flexibility index (Phi) is 6.58. The second-order valence-electron chi connectivity index (χ2n) is 9.38. The van der Waals surface area contributed by atoms with E-state index in [1.807, 2.05) is 61.4 Å². The van der Waals surface area contributed by atoms with Crippen LogP contribution < -0.4 is 0 Å². The Labute approximate surface area is 209 Å². The minimum atomic E-state index is -0.844. The van der Waals surface area contributed by atoms with Crippen molar-refractivity contribution in [2.75, 3.05) is 13.1 Å². The van der Waals surface area contributed by atoms with Crippen LogP contribution in [0.1, 0.15) is 53.5 Å². The molecule has 0 saturated carbocycles. The van der Waals surface area contributed by atoms with E-state index in [9.17, 15) is 9.90 Å². The van der Waals surface area contributed by atoms with Crippen LogP contribution in [0.2, 0.25) is 5.02 Å². The minimum absolute atomic E-state index is 0.0151. The Morgan fingerprint density at radius 3 is 2.91 bits per heavy atom. The summed E-state index contributed by atoms with van der Waals surface area (Å²) in [6, 6.07) is 12.2. The minimum Gasteiger partial charge on any atom is -0.481 e. The molecule has 35 heavy (non-hydrogen) atoms. The molecule has 1 aliphatic rings. The molecule has 182 valence electrons. The number of nitrogens with zero attached hydrogens (tertiary/aromatic N) is 6. The van der Waals surface area contributed by atoms with E-state index in [1.54, 1.807) is 4.68 Å². The number of carboxylic acid groups (broad SMARTS) is 1. The van der Waals surface area contributed by atoms with Crippen LogP contribution in [0.15, 0.2) is 48.8 Å². The molecule has 1 N–H and O–H groups in total. The van der Waals surface area contributed by atoms with Crippen LogP contribution in [0.25, 0.3) is 11.0 Å². The van der Waals surface area contributed by atoms with Crippen molar-refractivity contribution in [2.45, 2.75) is 44.7 Å². The summed E-state index contributed by atoms with van der Waals surface area (Å²) in [7, 11) is 1.85. The first-order valence-electron chi connectivity index (χ1n) is 11.9. The Morgan fingerprint density at radius 1 is 1.29 bits per heavy atom. The number of rotatable bonds is 7. The second kappa shape index (κ2) is 9.79. The molecule has 5 rings (SSSR count). The van der Waals surface area contributed by atoms with Gasteiger partial charge in [0.05, 0.1) is 18.0 Å². The Bertz CT molecular complexity index is 1350. The van der Waals surface area contributed by atoms with Crippen LogP contribution in [0.4, 0.5) is 0 Å². The molecule has 0 aliphatic carbocycles. The summed E-state index contributed by atoms with van der Waals surface area (Å²) in [5, 5.41) is 23.3. The Morgan fingerprint density at radius 2 is 2.14 bits per heavy atom. The highest BCUT2D eigenvalue weighted by Gasteiger charge is 2.25. The number of hydrogen-bond acceptors (Lipinski definition) is 5. The topological polar surface area (TPSA) is 89.1 Å². The van der Waals surface area contributed by atoms with Crippen LogP contribution in [0.3, 0.4) is 0 Å². The van der Waals surface area contributed by atoms with Crippen molar-refractivity contribution in [3.05, 3.63) is 76.1 Å². The highest BCUT2D eigenvalue weighted by Crippen LogP contribution is 2.35. The molecule has 9 heteroatoms. The number of carboxylic acids is 1. The summed E-state index contributed by atoms with van der Waals surface area (Å²) in [5.74, 6) is -1.16. The monoisotopic (exact) mass is 492 g/mol. The summed E-state index contributed by atoms with van der Waals surface area (Å²) in [6.45, 7) is 4.61. The molecule has 2 atom stereocenters. The Balaban J connectivity index is 1.45. The fraction of sp³-hybridized carbons (Fsp3) is 0.385. The van der Waals surface area contributed by atoms with Gasteiger partial charge in [-0.05, 0) is 66.8 Å². The molecule has 0 radical (unpaired) electrons.